The van der Waals surface area contributed by atoms with Crippen LogP contribution in [0.15, 0.2) is 12.1 Å². The zero-order valence-corrected chi connectivity index (χ0v) is 12.6. The highest BCUT2D eigenvalue weighted by Crippen LogP contribution is 2.28. The minimum Gasteiger partial charge on any atom is -0.491 e. The summed E-state index contributed by atoms with van der Waals surface area (Å²) in [6.07, 6.45) is 0.967. The monoisotopic (exact) mass is 314 g/mol. The fourth-order valence-corrected chi connectivity index (χ4v) is 2.38. The van der Waals surface area contributed by atoms with E-state index in [1.54, 1.807) is 7.11 Å². The van der Waals surface area contributed by atoms with Crippen LogP contribution in [0.3, 0.4) is 0 Å². The predicted molar refractivity (Wildman–Crippen MR) is 75.9 cm³/mol. The van der Waals surface area contributed by atoms with Crippen LogP contribution in [0.2, 0.25) is 0 Å². The van der Waals surface area contributed by atoms with Gasteiger partial charge < -0.3 is 14.3 Å². The highest BCUT2D eigenvalue weighted by Gasteiger charge is 2.13. The molecule has 18 heavy (non-hydrogen) atoms. The van der Waals surface area contributed by atoms with Gasteiger partial charge in [0.1, 0.15) is 18.6 Å². The van der Waals surface area contributed by atoms with Crippen LogP contribution < -0.4 is 4.74 Å². The molecular formula is C14H19BrO3. The molecule has 100 valence electrons. The third-order valence-electron chi connectivity index (χ3n) is 2.78. The lowest BCUT2D eigenvalue weighted by atomic mass is 9.97. The van der Waals surface area contributed by atoms with Crippen molar-refractivity contribution >= 4 is 22.2 Å². The van der Waals surface area contributed by atoms with Gasteiger partial charge in [-0.05, 0) is 30.5 Å². The summed E-state index contributed by atoms with van der Waals surface area (Å²) in [5.41, 5.74) is 3.12. The normalized spacial score (nSPS) is 12.2. The van der Waals surface area contributed by atoms with Gasteiger partial charge in [0.05, 0.1) is 6.61 Å². The van der Waals surface area contributed by atoms with Crippen molar-refractivity contribution in [1.82, 2.24) is 0 Å². The van der Waals surface area contributed by atoms with Crippen molar-refractivity contribution in [2.24, 2.45) is 0 Å². The Kier molecular flexibility index (Phi) is 6.36. The minimum absolute atomic E-state index is 0.101. The summed E-state index contributed by atoms with van der Waals surface area (Å²) in [5.74, 6) is 0.783. The summed E-state index contributed by atoms with van der Waals surface area (Å²) in [6, 6.07) is 4.02. The Labute approximate surface area is 117 Å². The van der Waals surface area contributed by atoms with E-state index < -0.39 is 0 Å². The van der Waals surface area contributed by atoms with E-state index in [9.17, 15) is 4.79 Å². The van der Waals surface area contributed by atoms with Crippen LogP contribution in [0.5, 0.6) is 5.75 Å². The topological polar surface area (TPSA) is 35.5 Å². The number of carbonyl (C=O) groups excluding carboxylic acids is 1. The van der Waals surface area contributed by atoms with Gasteiger partial charge in [0, 0.05) is 18.4 Å². The van der Waals surface area contributed by atoms with Crippen LogP contribution in [-0.4, -0.2) is 31.9 Å². The lowest BCUT2D eigenvalue weighted by Crippen LogP contribution is -2.08. The first-order valence-corrected chi connectivity index (χ1v) is 7.00. The Bertz CT molecular complexity index is 381. The van der Waals surface area contributed by atoms with Gasteiger partial charge in [-0.1, -0.05) is 28.1 Å². The summed E-state index contributed by atoms with van der Waals surface area (Å²) < 4.78 is 10.6. The fourth-order valence-electron chi connectivity index (χ4n) is 1.86. The Morgan fingerprint density at radius 1 is 1.28 bits per heavy atom. The third-order valence-corrected chi connectivity index (χ3v) is 3.47. The van der Waals surface area contributed by atoms with Crippen LogP contribution in [0, 0.1) is 13.8 Å². The molecule has 0 saturated heterocycles. The van der Waals surface area contributed by atoms with Crippen LogP contribution in [0.25, 0.3) is 0 Å². The van der Waals surface area contributed by atoms with E-state index in [0.717, 1.165) is 28.7 Å². The molecule has 0 fully saturated rings. The average molecular weight is 315 g/mol. The lowest BCUT2D eigenvalue weighted by molar-refractivity contribution is -0.108. The molecule has 4 heteroatoms. The van der Waals surface area contributed by atoms with Crippen LogP contribution in [-0.2, 0) is 9.53 Å². The highest BCUT2D eigenvalue weighted by atomic mass is 79.9. The van der Waals surface area contributed by atoms with E-state index in [2.05, 4.69) is 15.9 Å². The molecule has 1 aromatic rings. The maximum atomic E-state index is 11.0. The first kappa shape index (κ1) is 15.2. The number of aldehydes is 1. The Balaban J connectivity index is 2.93. The van der Waals surface area contributed by atoms with Crippen molar-refractivity contribution in [1.29, 1.82) is 0 Å². The summed E-state index contributed by atoms with van der Waals surface area (Å²) in [7, 11) is 1.65. The Hall–Kier alpha value is -0.870. The number of carbonyl (C=O) groups is 1. The van der Waals surface area contributed by atoms with E-state index in [1.165, 1.54) is 0 Å². The molecule has 0 saturated carbocycles. The molecular weight excluding hydrogens is 296 g/mol. The number of rotatable bonds is 7. The van der Waals surface area contributed by atoms with Crippen LogP contribution >= 0.6 is 15.9 Å². The molecule has 0 amide bonds. The first-order chi connectivity index (χ1) is 8.63. The number of hydrogen-bond acceptors (Lipinski definition) is 3. The second-order valence-electron chi connectivity index (χ2n) is 4.22. The predicted octanol–water partition coefficient (Wildman–Crippen LogP) is 3.01. The van der Waals surface area contributed by atoms with Gasteiger partial charge >= 0.3 is 0 Å². The second kappa shape index (κ2) is 7.54. The number of halogens is 1. The largest absolute Gasteiger partial charge is 0.491 e. The van der Waals surface area contributed by atoms with Gasteiger partial charge in [0.2, 0.25) is 0 Å². The molecule has 1 rings (SSSR count). The van der Waals surface area contributed by atoms with E-state index in [-0.39, 0.29) is 5.92 Å². The minimum atomic E-state index is -0.101. The summed E-state index contributed by atoms with van der Waals surface area (Å²) in [4.78, 5) is 11.0. The maximum absolute atomic E-state index is 11.0. The zero-order chi connectivity index (χ0) is 13.5. The van der Waals surface area contributed by atoms with Crippen molar-refractivity contribution in [3.8, 4) is 5.75 Å². The van der Waals surface area contributed by atoms with Gasteiger partial charge in [0.15, 0.2) is 0 Å². The molecule has 0 bridgehead atoms. The Morgan fingerprint density at radius 2 is 1.89 bits per heavy atom. The second-order valence-corrected chi connectivity index (χ2v) is 4.87. The van der Waals surface area contributed by atoms with Crippen molar-refractivity contribution < 1.29 is 14.3 Å². The average Bonchev–Trinajstić information content (AvgIpc) is 2.34. The van der Waals surface area contributed by atoms with Crippen molar-refractivity contribution in [2.45, 2.75) is 19.8 Å². The summed E-state index contributed by atoms with van der Waals surface area (Å²) >= 11 is 3.35. The van der Waals surface area contributed by atoms with Crippen molar-refractivity contribution in [3.63, 3.8) is 0 Å². The molecule has 1 aromatic carbocycles. The fraction of sp³-hybridized carbons (Fsp3) is 0.500. The highest BCUT2D eigenvalue weighted by molar-refractivity contribution is 9.09. The maximum Gasteiger partial charge on any atom is 0.128 e. The van der Waals surface area contributed by atoms with Gasteiger partial charge in [-0.25, -0.2) is 0 Å². The number of benzene rings is 1. The summed E-state index contributed by atoms with van der Waals surface area (Å²) in [6.45, 7) is 5.09. The standard InChI is InChI=1S/C14H19BrO3/c1-10-6-12(13(8-15)9-16)7-11(2)14(10)18-5-4-17-3/h6-7,9,13H,4-5,8H2,1-3H3. The van der Waals surface area contributed by atoms with Crippen LogP contribution in [0.4, 0.5) is 0 Å². The van der Waals surface area contributed by atoms with E-state index >= 15 is 0 Å². The molecule has 0 aliphatic rings. The zero-order valence-electron chi connectivity index (χ0n) is 11.0. The molecule has 0 radical (unpaired) electrons. The molecule has 0 heterocycles. The van der Waals surface area contributed by atoms with E-state index in [0.29, 0.717) is 18.5 Å². The quantitative estimate of drug-likeness (QED) is 0.441. The SMILES string of the molecule is COCCOc1c(C)cc(C(C=O)CBr)cc1C. The molecule has 0 aliphatic carbocycles. The number of aryl methyl sites for hydroxylation is 2. The molecule has 0 N–H and O–H groups in total. The molecule has 1 unspecified atom stereocenters. The van der Waals surface area contributed by atoms with Gasteiger partial charge in [0.25, 0.3) is 0 Å². The van der Waals surface area contributed by atoms with Gasteiger partial charge in [-0.15, -0.1) is 0 Å². The number of ether oxygens (including phenoxy) is 2. The third kappa shape index (κ3) is 3.82. The molecule has 0 aromatic heterocycles. The summed E-state index contributed by atoms with van der Waals surface area (Å²) in [5, 5.41) is 0.638. The number of methoxy groups -OCH3 is 1. The van der Waals surface area contributed by atoms with E-state index in [1.807, 2.05) is 26.0 Å². The number of hydrogen-bond donors (Lipinski definition) is 0. The molecule has 3 nitrogen and oxygen atoms in total. The van der Waals surface area contributed by atoms with Gasteiger partial charge in [-0.3, -0.25) is 0 Å². The van der Waals surface area contributed by atoms with Crippen molar-refractivity contribution in [3.05, 3.63) is 28.8 Å². The molecule has 1 atom stereocenters. The van der Waals surface area contributed by atoms with Crippen LogP contribution in [0.1, 0.15) is 22.6 Å². The van der Waals surface area contributed by atoms with E-state index in [4.69, 9.17) is 9.47 Å². The smallest absolute Gasteiger partial charge is 0.128 e. The Morgan fingerprint density at radius 3 is 2.33 bits per heavy atom. The first-order valence-electron chi connectivity index (χ1n) is 5.88. The lowest BCUT2D eigenvalue weighted by Gasteiger charge is -2.15. The number of alkyl halides is 1. The van der Waals surface area contributed by atoms with Gasteiger partial charge in [-0.2, -0.15) is 0 Å². The molecule has 0 spiro atoms. The molecule has 0 aliphatic heterocycles. The van der Waals surface area contributed by atoms with Crippen molar-refractivity contribution in [2.75, 3.05) is 25.7 Å².